The van der Waals surface area contributed by atoms with Gasteiger partial charge >= 0.3 is 0 Å². The molecule has 0 nitrogen and oxygen atoms in total. The number of fused-ring (bicyclic) bond motifs is 3. The van der Waals surface area contributed by atoms with Crippen molar-refractivity contribution in [2.75, 3.05) is 0 Å². The zero-order chi connectivity index (χ0) is 20.6. The van der Waals surface area contributed by atoms with E-state index in [2.05, 4.69) is 48.5 Å². The highest BCUT2D eigenvalue weighted by atomic mass is 14.9. The molecule has 0 heterocycles. The van der Waals surface area contributed by atoms with Gasteiger partial charge in [0.2, 0.25) is 0 Å². The average Bonchev–Trinajstić information content (AvgIpc) is 3.08. The molecule has 0 amide bonds. The second kappa shape index (κ2) is 5.67. The van der Waals surface area contributed by atoms with Gasteiger partial charge in [-0.3, -0.25) is 0 Å². The molecule has 6 aliphatic carbocycles. The van der Waals surface area contributed by atoms with Gasteiger partial charge in [-0.15, -0.1) is 0 Å². The fourth-order valence-electron chi connectivity index (χ4n) is 13.1. The molecule has 164 valence electrons. The van der Waals surface area contributed by atoms with Crippen LogP contribution in [0.1, 0.15) is 106 Å². The summed E-state index contributed by atoms with van der Waals surface area (Å²) in [5.41, 5.74) is 2.60. The molecule has 12 atom stereocenters. The van der Waals surface area contributed by atoms with Gasteiger partial charge in [0.1, 0.15) is 0 Å². The Labute approximate surface area is 181 Å². The van der Waals surface area contributed by atoms with Crippen LogP contribution in [0.25, 0.3) is 0 Å². The molecule has 6 saturated carbocycles. The molecular weight excluding hydrogens is 348 g/mol. The highest BCUT2D eigenvalue weighted by Crippen LogP contribution is 2.91. The van der Waals surface area contributed by atoms with Gasteiger partial charge in [0.05, 0.1) is 0 Å². The topological polar surface area (TPSA) is 0 Å². The van der Waals surface area contributed by atoms with Crippen molar-refractivity contribution in [3.05, 3.63) is 0 Å². The van der Waals surface area contributed by atoms with Crippen LogP contribution in [0.4, 0.5) is 0 Å². The summed E-state index contributed by atoms with van der Waals surface area (Å²) >= 11 is 0. The lowest BCUT2D eigenvalue weighted by molar-refractivity contribution is -0.311. The highest BCUT2D eigenvalue weighted by molar-refractivity contribution is 5.33. The van der Waals surface area contributed by atoms with Crippen molar-refractivity contribution in [2.45, 2.75) is 106 Å². The van der Waals surface area contributed by atoms with Gasteiger partial charge in [0, 0.05) is 0 Å². The van der Waals surface area contributed by atoms with Crippen LogP contribution in [-0.4, -0.2) is 0 Å². The first-order valence-corrected chi connectivity index (χ1v) is 13.7. The molecule has 6 fully saturated rings. The number of rotatable bonds is 3. The third-order valence-electron chi connectivity index (χ3n) is 13.6. The average molecular weight is 397 g/mol. The summed E-state index contributed by atoms with van der Waals surface area (Å²) in [5, 5.41) is 0. The van der Waals surface area contributed by atoms with Crippen molar-refractivity contribution in [2.24, 2.45) is 74.9 Å². The molecule has 0 aliphatic heterocycles. The summed E-state index contributed by atoms with van der Waals surface area (Å²) in [6.07, 6.45) is 13.8. The molecule has 0 saturated heterocycles. The molecule has 0 aromatic heterocycles. The third-order valence-corrected chi connectivity index (χ3v) is 13.6. The fourth-order valence-corrected chi connectivity index (χ4v) is 13.1. The van der Waals surface area contributed by atoms with Crippen LogP contribution >= 0.6 is 0 Å². The van der Waals surface area contributed by atoms with E-state index >= 15 is 0 Å². The van der Waals surface area contributed by atoms with E-state index < -0.39 is 0 Å². The molecule has 6 rings (SSSR count). The summed E-state index contributed by atoms with van der Waals surface area (Å²) in [6.45, 7) is 18.8. The van der Waals surface area contributed by atoms with Crippen molar-refractivity contribution in [1.82, 2.24) is 0 Å². The van der Waals surface area contributed by atoms with Gasteiger partial charge in [-0.25, -0.2) is 0 Å². The summed E-state index contributed by atoms with van der Waals surface area (Å²) in [7, 11) is 0. The van der Waals surface area contributed by atoms with E-state index in [9.17, 15) is 0 Å². The van der Waals surface area contributed by atoms with Crippen molar-refractivity contribution >= 4 is 0 Å². The smallest absolute Gasteiger partial charge is 0.0127 e. The molecule has 6 aliphatic rings. The Balaban J connectivity index is 1.59. The SMILES string of the molecule is CCCC1C2CC3C(C)C4CC5CC6(C)CC2C(C)(CCC(C)(C)C(CC)C31)C546. The second-order valence-corrected chi connectivity index (χ2v) is 14.4. The predicted molar refractivity (Wildman–Crippen MR) is 122 cm³/mol. The molecular formula is C29H48. The van der Waals surface area contributed by atoms with Crippen molar-refractivity contribution in [3.63, 3.8) is 0 Å². The van der Waals surface area contributed by atoms with E-state index in [1.165, 1.54) is 25.7 Å². The zero-order valence-electron chi connectivity index (χ0n) is 20.6. The molecule has 0 heteroatoms. The van der Waals surface area contributed by atoms with E-state index in [4.69, 9.17) is 0 Å². The normalized spacial score (nSPS) is 63.6. The second-order valence-electron chi connectivity index (χ2n) is 14.4. The third kappa shape index (κ3) is 1.89. The minimum atomic E-state index is 0.529. The van der Waals surface area contributed by atoms with Gasteiger partial charge in [-0.1, -0.05) is 67.7 Å². The predicted octanol–water partition coefficient (Wildman–Crippen LogP) is 8.21. The molecule has 12 unspecified atom stereocenters. The first-order chi connectivity index (χ1) is 13.7. The van der Waals surface area contributed by atoms with E-state index in [0.717, 1.165) is 58.7 Å². The summed E-state index contributed by atoms with van der Waals surface area (Å²) in [6, 6.07) is 0. The summed E-state index contributed by atoms with van der Waals surface area (Å²) < 4.78 is 0. The lowest BCUT2D eigenvalue weighted by Gasteiger charge is -2.79. The monoisotopic (exact) mass is 396 g/mol. The summed E-state index contributed by atoms with van der Waals surface area (Å²) in [4.78, 5) is 0. The Morgan fingerprint density at radius 1 is 0.862 bits per heavy atom. The maximum atomic E-state index is 2.87. The zero-order valence-corrected chi connectivity index (χ0v) is 20.6. The van der Waals surface area contributed by atoms with E-state index in [1.807, 2.05) is 0 Å². The Morgan fingerprint density at radius 2 is 1.62 bits per heavy atom. The molecule has 0 radical (unpaired) electrons. The Morgan fingerprint density at radius 3 is 2.28 bits per heavy atom. The van der Waals surface area contributed by atoms with Crippen LogP contribution in [0.15, 0.2) is 0 Å². The standard InChI is InChI=1S/C29H48/c1-8-10-19-21-14-20-17(3)23-13-18-15-27(6)16-24(21)28(7,29(18,23)27)12-11-26(4,5)22(9-2)25(19)20/h17-25H,8-16H2,1-7H3. The van der Waals surface area contributed by atoms with Crippen LogP contribution in [-0.2, 0) is 0 Å². The molecule has 0 aromatic carbocycles. The Kier molecular flexibility index (Phi) is 3.85. The van der Waals surface area contributed by atoms with Gasteiger partial charge in [0.15, 0.2) is 0 Å². The fraction of sp³-hybridized carbons (Fsp3) is 1.00. The van der Waals surface area contributed by atoms with Crippen LogP contribution in [0.2, 0.25) is 0 Å². The Bertz CT molecular complexity index is 705. The molecule has 0 N–H and O–H groups in total. The van der Waals surface area contributed by atoms with Crippen molar-refractivity contribution in [1.29, 1.82) is 0 Å². The first-order valence-electron chi connectivity index (χ1n) is 13.7. The largest absolute Gasteiger partial charge is 0.0654 e. The summed E-state index contributed by atoms with van der Waals surface area (Å²) in [5.74, 6) is 9.30. The lowest BCUT2D eigenvalue weighted by Crippen LogP contribution is -2.73. The van der Waals surface area contributed by atoms with Gasteiger partial charge in [-0.2, -0.15) is 0 Å². The lowest BCUT2D eigenvalue weighted by atomic mass is 9.25. The number of hydrogen-bond donors (Lipinski definition) is 0. The van der Waals surface area contributed by atoms with Gasteiger partial charge in [-0.05, 0) is 113 Å². The van der Waals surface area contributed by atoms with Crippen LogP contribution in [0.5, 0.6) is 0 Å². The number of hydrogen-bond acceptors (Lipinski definition) is 0. The van der Waals surface area contributed by atoms with E-state index in [0.29, 0.717) is 16.2 Å². The molecule has 29 heavy (non-hydrogen) atoms. The van der Waals surface area contributed by atoms with Crippen molar-refractivity contribution < 1.29 is 0 Å². The first kappa shape index (κ1) is 19.7. The van der Waals surface area contributed by atoms with E-state index in [1.54, 1.807) is 32.1 Å². The van der Waals surface area contributed by atoms with Gasteiger partial charge < -0.3 is 0 Å². The highest BCUT2D eigenvalue weighted by Gasteiger charge is 2.85. The van der Waals surface area contributed by atoms with E-state index in [-0.39, 0.29) is 0 Å². The molecule has 1 spiro atoms. The minimum Gasteiger partial charge on any atom is -0.0654 e. The van der Waals surface area contributed by atoms with Crippen LogP contribution in [0, 0.1) is 74.9 Å². The van der Waals surface area contributed by atoms with Gasteiger partial charge in [0.25, 0.3) is 0 Å². The van der Waals surface area contributed by atoms with Crippen LogP contribution in [0.3, 0.4) is 0 Å². The van der Waals surface area contributed by atoms with Crippen LogP contribution < -0.4 is 0 Å². The van der Waals surface area contributed by atoms with Crippen molar-refractivity contribution in [3.8, 4) is 0 Å². The molecule has 6 bridgehead atoms. The maximum absolute atomic E-state index is 2.87. The minimum absolute atomic E-state index is 0.529. The quantitative estimate of drug-likeness (QED) is 0.451. The Hall–Kier alpha value is 0. The maximum Gasteiger partial charge on any atom is -0.0127 e. The molecule has 0 aromatic rings.